The van der Waals surface area contributed by atoms with Gasteiger partial charge < -0.3 is 24.8 Å². The van der Waals surface area contributed by atoms with Crippen LogP contribution in [0, 0.1) is 18.1 Å². The Labute approximate surface area is 144 Å². The van der Waals surface area contributed by atoms with Gasteiger partial charge in [0, 0.05) is 0 Å². The molecule has 3 heteroatoms. The third-order valence-corrected chi connectivity index (χ3v) is 3.10. The van der Waals surface area contributed by atoms with Gasteiger partial charge in [-0.05, 0) is 0 Å². The van der Waals surface area contributed by atoms with Crippen LogP contribution in [0.15, 0.2) is 34.4 Å². The van der Waals surface area contributed by atoms with Crippen LogP contribution < -0.4 is 24.8 Å². The van der Waals surface area contributed by atoms with Crippen molar-refractivity contribution in [3.05, 3.63) is 46.6 Å². The van der Waals surface area contributed by atoms with Crippen molar-refractivity contribution in [3.63, 3.8) is 0 Å². The largest absolute Gasteiger partial charge is 2.00 e. The molecule has 0 heterocycles. The van der Waals surface area contributed by atoms with E-state index < -0.39 is 0 Å². The number of rotatable bonds is 0. The van der Waals surface area contributed by atoms with E-state index in [9.17, 15) is 0 Å². The van der Waals surface area contributed by atoms with E-state index in [4.69, 9.17) is 0 Å². The zero-order valence-electron chi connectivity index (χ0n) is 11.7. The Morgan fingerprint density at radius 3 is 1.78 bits per heavy atom. The van der Waals surface area contributed by atoms with Crippen LogP contribution in [0.1, 0.15) is 41.0 Å². The molecule has 0 amide bonds. The maximum atomic E-state index is 3.36. The third-order valence-electron chi connectivity index (χ3n) is 3.10. The molecule has 0 saturated heterocycles. The smallest absolute Gasteiger partial charge is 1.00 e. The van der Waals surface area contributed by atoms with Crippen LogP contribution in [0.4, 0.5) is 0 Å². The summed E-state index contributed by atoms with van der Waals surface area (Å²) in [5.74, 6) is 0.560. The molecule has 0 aromatic rings. The second-order valence-electron chi connectivity index (χ2n) is 4.27. The van der Waals surface area contributed by atoms with Crippen LogP contribution in [0.2, 0.25) is 0 Å². The molecule has 0 spiro atoms. The number of allylic oxidation sites excluding steroid dienone is 8. The molecule has 0 radical (unpaired) electrons. The standard InChI is InChI=1S/C9H13.C6H7.2ClH.Zr/c1-6-5-7(2)9(4)8(6)3;1-6-4-2-3-5-6;;;/h6H,1-4H3;2,4H,3H2,1H3;2*1H;/q2*-1;;;+2/p-2. The fourth-order valence-corrected chi connectivity index (χ4v) is 1.68. The van der Waals surface area contributed by atoms with Crippen LogP contribution in [-0.4, -0.2) is 0 Å². The first-order valence-corrected chi connectivity index (χ1v) is 5.54. The Bertz CT molecular complexity index is 360. The number of halogens is 2. The minimum Gasteiger partial charge on any atom is -1.00 e. The first kappa shape index (κ1) is 23.5. The van der Waals surface area contributed by atoms with Gasteiger partial charge in [0.2, 0.25) is 0 Å². The maximum Gasteiger partial charge on any atom is 2.00 e. The van der Waals surface area contributed by atoms with Crippen LogP contribution >= 0.6 is 0 Å². The molecule has 2 aliphatic carbocycles. The van der Waals surface area contributed by atoms with Crippen molar-refractivity contribution in [1.29, 1.82) is 0 Å². The van der Waals surface area contributed by atoms with Gasteiger partial charge in [0.25, 0.3) is 0 Å². The Morgan fingerprint density at radius 2 is 1.67 bits per heavy atom. The molecule has 0 N–H and O–H groups in total. The van der Waals surface area contributed by atoms with Crippen LogP contribution in [-0.2, 0) is 26.2 Å². The maximum absolute atomic E-state index is 3.36. The molecule has 0 nitrogen and oxygen atoms in total. The first-order chi connectivity index (χ1) is 7.02. The summed E-state index contributed by atoms with van der Waals surface area (Å²) in [5.41, 5.74) is 5.52. The topological polar surface area (TPSA) is 0 Å². The van der Waals surface area contributed by atoms with Gasteiger partial charge >= 0.3 is 26.2 Å². The van der Waals surface area contributed by atoms with E-state index in [2.05, 4.69) is 58.9 Å². The zero-order valence-corrected chi connectivity index (χ0v) is 15.7. The number of hydrogen-bond donors (Lipinski definition) is 0. The summed E-state index contributed by atoms with van der Waals surface area (Å²) in [4.78, 5) is 0. The van der Waals surface area contributed by atoms with Crippen molar-refractivity contribution >= 4 is 0 Å². The molecule has 2 rings (SSSR count). The third kappa shape index (κ3) is 7.12. The van der Waals surface area contributed by atoms with Crippen molar-refractivity contribution in [2.75, 3.05) is 0 Å². The van der Waals surface area contributed by atoms with E-state index in [1.54, 1.807) is 0 Å². The Balaban J connectivity index is -0.000000225. The minimum absolute atomic E-state index is 0. The SMILES string of the molecule is CC1=[C-]C(C)C(C)=C1C.CC1=[C-]CC=C1.[Cl-].[Cl-].[Zr+2]. The van der Waals surface area contributed by atoms with Gasteiger partial charge in [0.1, 0.15) is 0 Å². The van der Waals surface area contributed by atoms with Gasteiger partial charge in [0.05, 0.1) is 0 Å². The molecule has 1 atom stereocenters. The van der Waals surface area contributed by atoms with Crippen LogP contribution in [0.3, 0.4) is 0 Å². The average molecular weight is 362 g/mol. The van der Waals surface area contributed by atoms with E-state index in [0.29, 0.717) is 5.92 Å². The predicted molar refractivity (Wildman–Crippen MR) is 66.2 cm³/mol. The number of hydrogen-bond acceptors (Lipinski definition) is 0. The molecule has 1 unspecified atom stereocenters. The summed E-state index contributed by atoms with van der Waals surface area (Å²) in [6.45, 7) is 10.7. The Morgan fingerprint density at radius 1 is 1.11 bits per heavy atom. The summed E-state index contributed by atoms with van der Waals surface area (Å²) in [5, 5.41) is 0. The second-order valence-corrected chi connectivity index (χ2v) is 4.27. The summed E-state index contributed by atoms with van der Waals surface area (Å²) >= 11 is 0. The molecule has 0 saturated carbocycles. The molecule has 0 aromatic carbocycles. The fraction of sp³-hybridized carbons (Fsp3) is 0.467. The van der Waals surface area contributed by atoms with Gasteiger partial charge in [-0.15, -0.1) is 13.3 Å². The Hall–Kier alpha value is 0.423. The summed E-state index contributed by atoms with van der Waals surface area (Å²) in [7, 11) is 0. The van der Waals surface area contributed by atoms with Gasteiger partial charge in [-0.2, -0.15) is 17.2 Å². The van der Waals surface area contributed by atoms with E-state index in [1.807, 2.05) is 0 Å². The van der Waals surface area contributed by atoms with Gasteiger partial charge in [-0.3, -0.25) is 12.2 Å². The average Bonchev–Trinajstić information content (AvgIpc) is 2.73. The first-order valence-electron chi connectivity index (χ1n) is 5.54. The quantitative estimate of drug-likeness (QED) is 0.457. The van der Waals surface area contributed by atoms with Crippen molar-refractivity contribution in [1.82, 2.24) is 0 Å². The van der Waals surface area contributed by atoms with Crippen molar-refractivity contribution in [2.24, 2.45) is 5.92 Å². The fourth-order valence-electron chi connectivity index (χ4n) is 1.68. The van der Waals surface area contributed by atoms with Gasteiger partial charge in [-0.25, -0.2) is 17.2 Å². The van der Waals surface area contributed by atoms with Crippen LogP contribution in [0.5, 0.6) is 0 Å². The summed E-state index contributed by atoms with van der Waals surface area (Å²) in [6, 6.07) is 0. The second kappa shape index (κ2) is 11.3. The predicted octanol–water partition coefficient (Wildman–Crippen LogP) is -1.58. The van der Waals surface area contributed by atoms with Gasteiger partial charge in [-0.1, -0.05) is 33.6 Å². The molecule has 0 bridgehead atoms. The molecule has 100 valence electrons. The molecule has 2 aliphatic rings. The van der Waals surface area contributed by atoms with Crippen molar-refractivity contribution in [3.8, 4) is 0 Å². The monoisotopic (exact) mass is 360 g/mol. The van der Waals surface area contributed by atoms with Crippen molar-refractivity contribution in [2.45, 2.75) is 41.0 Å². The van der Waals surface area contributed by atoms with Gasteiger partial charge in [0.15, 0.2) is 0 Å². The minimum atomic E-state index is 0. The normalized spacial score (nSPS) is 19.7. The van der Waals surface area contributed by atoms with Crippen LogP contribution in [0.25, 0.3) is 0 Å². The van der Waals surface area contributed by atoms with E-state index in [-0.39, 0.29) is 51.0 Å². The zero-order chi connectivity index (χ0) is 11.4. The Kier molecular flexibility index (Phi) is 14.7. The molecular formula is C15H20Cl2Zr-2. The molecular weight excluding hydrogens is 342 g/mol. The van der Waals surface area contributed by atoms with E-state index >= 15 is 0 Å². The molecule has 0 fully saturated rings. The van der Waals surface area contributed by atoms with E-state index in [0.717, 1.165) is 6.42 Å². The molecule has 0 aromatic heterocycles. The summed E-state index contributed by atoms with van der Waals surface area (Å²) in [6.07, 6.45) is 11.7. The van der Waals surface area contributed by atoms with Crippen molar-refractivity contribution < 1.29 is 51.0 Å². The summed E-state index contributed by atoms with van der Waals surface area (Å²) < 4.78 is 0. The molecule has 18 heavy (non-hydrogen) atoms. The van der Waals surface area contributed by atoms with E-state index in [1.165, 1.54) is 22.3 Å². The molecule has 0 aliphatic heterocycles.